The SMILES string of the molecule is CN(CC(=O)Nc1ccc(N(CCO)CCO)c(OCC(=O)N2CCOCC2)c1)c1ccc2cc(-c3nc4ccccc4s3)ccc2c1. The molecule has 5 aromatic rings. The van der Waals surface area contributed by atoms with Crippen molar-refractivity contribution in [3.05, 3.63) is 78.9 Å². The first-order valence-electron chi connectivity index (χ1n) is 15.9. The molecule has 4 aromatic carbocycles. The van der Waals surface area contributed by atoms with Gasteiger partial charge in [-0.2, -0.15) is 0 Å². The Morgan fingerprint density at radius 3 is 2.48 bits per heavy atom. The Labute approximate surface area is 282 Å². The lowest BCUT2D eigenvalue weighted by atomic mass is 10.1. The Morgan fingerprint density at radius 2 is 1.71 bits per heavy atom. The lowest BCUT2D eigenvalue weighted by Crippen LogP contribution is -2.43. The minimum atomic E-state index is -0.227. The molecular weight excluding hydrogens is 630 g/mol. The molecule has 3 N–H and O–H groups in total. The second-order valence-corrected chi connectivity index (χ2v) is 12.6. The van der Waals surface area contributed by atoms with Crippen LogP contribution >= 0.6 is 11.3 Å². The summed E-state index contributed by atoms with van der Waals surface area (Å²) in [4.78, 5) is 36.1. The second kappa shape index (κ2) is 15.4. The van der Waals surface area contributed by atoms with Crippen molar-refractivity contribution in [2.45, 2.75) is 0 Å². The smallest absolute Gasteiger partial charge is 0.260 e. The Bertz CT molecular complexity index is 1850. The predicted octanol–water partition coefficient (Wildman–Crippen LogP) is 4.22. The molecule has 1 aliphatic heterocycles. The number of rotatable bonds is 13. The number of aromatic nitrogens is 1. The van der Waals surface area contributed by atoms with Crippen molar-refractivity contribution in [3.8, 4) is 16.3 Å². The summed E-state index contributed by atoms with van der Waals surface area (Å²) in [6, 6.07) is 25.7. The maximum absolute atomic E-state index is 13.2. The van der Waals surface area contributed by atoms with Crippen LogP contribution in [0, 0.1) is 0 Å². The van der Waals surface area contributed by atoms with Crippen molar-refractivity contribution in [3.63, 3.8) is 0 Å². The average molecular weight is 670 g/mol. The first-order chi connectivity index (χ1) is 23.4. The van der Waals surface area contributed by atoms with Crippen molar-refractivity contribution >= 4 is 61.2 Å². The predicted molar refractivity (Wildman–Crippen MR) is 190 cm³/mol. The third kappa shape index (κ3) is 7.85. The van der Waals surface area contributed by atoms with Gasteiger partial charge in [-0.15, -0.1) is 11.3 Å². The third-order valence-corrected chi connectivity index (χ3v) is 9.31. The van der Waals surface area contributed by atoms with Crippen LogP contribution < -0.4 is 19.9 Å². The van der Waals surface area contributed by atoms with Gasteiger partial charge in [0, 0.05) is 56.2 Å². The summed E-state index contributed by atoms with van der Waals surface area (Å²) >= 11 is 1.68. The monoisotopic (exact) mass is 669 g/mol. The number of nitrogens with one attached hydrogen (secondary N) is 1. The summed E-state index contributed by atoms with van der Waals surface area (Å²) in [5.74, 6) is -0.0293. The van der Waals surface area contributed by atoms with Crippen LogP contribution in [0.2, 0.25) is 0 Å². The molecule has 1 saturated heterocycles. The number of benzene rings is 4. The van der Waals surface area contributed by atoms with Crippen LogP contribution in [0.25, 0.3) is 31.6 Å². The Kier molecular flexibility index (Phi) is 10.7. The summed E-state index contributed by atoms with van der Waals surface area (Å²) in [6.45, 7) is 2.15. The maximum atomic E-state index is 13.2. The van der Waals surface area contributed by atoms with Crippen LogP contribution in [0.1, 0.15) is 0 Å². The number of aliphatic hydroxyl groups excluding tert-OH is 2. The Balaban J connectivity index is 1.13. The Hall–Kier alpha value is -4.75. The molecule has 1 fully saturated rings. The lowest BCUT2D eigenvalue weighted by Gasteiger charge is -2.28. The molecule has 2 heterocycles. The van der Waals surface area contributed by atoms with Gasteiger partial charge in [0.05, 0.1) is 48.9 Å². The van der Waals surface area contributed by atoms with Gasteiger partial charge < -0.3 is 39.7 Å². The summed E-state index contributed by atoms with van der Waals surface area (Å²) < 4.78 is 12.5. The van der Waals surface area contributed by atoms with Crippen molar-refractivity contribution in [2.24, 2.45) is 0 Å². The zero-order valence-electron chi connectivity index (χ0n) is 26.8. The van der Waals surface area contributed by atoms with Crippen LogP contribution in [0.5, 0.6) is 5.75 Å². The van der Waals surface area contributed by atoms with Gasteiger partial charge in [0.25, 0.3) is 5.91 Å². The molecule has 11 nitrogen and oxygen atoms in total. The number of aliphatic hydroxyl groups is 2. The number of carbonyl (C=O) groups excluding carboxylic acids is 2. The van der Waals surface area contributed by atoms with Crippen LogP contribution in [0.15, 0.2) is 78.9 Å². The fourth-order valence-electron chi connectivity index (χ4n) is 5.71. The van der Waals surface area contributed by atoms with Gasteiger partial charge in [-0.3, -0.25) is 9.59 Å². The fraction of sp³-hybridized carbons (Fsp3) is 0.306. The van der Waals surface area contributed by atoms with Gasteiger partial charge in [0.2, 0.25) is 5.91 Å². The van der Waals surface area contributed by atoms with E-state index in [0.29, 0.717) is 43.4 Å². The number of carbonyl (C=O) groups is 2. The highest BCUT2D eigenvalue weighted by molar-refractivity contribution is 7.21. The molecule has 6 rings (SSSR count). The molecule has 0 radical (unpaired) electrons. The van der Waals surface area contributed by atoms with Crippen LogP contribution in [-0.2, 0) is 14.3 Å². The molecule has 48 heavy (non-hydrogen) atoms. The molecule has 2 amide bonds. The van der Waals surface area contributed by atoms with Gasteiger partial charge in [-0.25, -0.2) is 4.98 Å². The first kappa shape index (κ1) is 33.2. The number of fused-ring (bicyclic) bond motifs is 2. The second-order valence-electron chi connectivity index (χ2n) is 11.5. The van der Waals surface area contributed by atoms with E-state index in [1.165, 1.54) is 0 Å². The van der Waals surface area contributed by atoms with Crippen molar-refractivity contribution in [2.75, 3.05) is 87.9 Å². The highest BCUT2D eigenvalue weighted by Crippen LogP contribution is 2.34. The molecule has 0 spiro atoms. The van der Waals surface area contributed by atoms with E-state index in [2.05, 4.69) is 41.7 Å². The molecule has 250 valence electrons. The maximum Gasteiger partial charge on any atom is 0.260 e. The number of morpholine rings is 1. The highest BCUT2D eigenvalue weighted by Gasteiger charge is 2.20. The van der Waals surface area contributed by atoms with Gasteiger partial charge >= 0.3 is 0 Å². The lowest BCUT2D eigenvalue weighted by molar-refractivity contribution is -0.137. The minimum Gasteiger partial charge on any atom is -0.482 e. The van der Waals surface area contributed by atoms with Crippen LogP contribution in [0.3, 0.4) is 0 Å². The third-order valence-electron chi connectivity index (χ3n) is 8.23. The number of hydrogen-bond acceptors (Lipinski definition) is 10. The van der Waals surface area contributed by atoms with E-state index >= 15 is 0 Å². The van der Waals surface area contributed by atoms with Gasteiger partial charge in [-0.05, 0) is 53.2 Å². The van der Waals surface area contributed by atoms with E-state index < -0.39 is 0 Å². The van der Waals surface area contributed by atoms with Gasteiger partial charge in [0.15, 0.2) is 6.61 Å². The molecule has 0 unspecified atom stereocenters. The zero-order valence-corrected chi connectivity index (χ0v) is 27.6. The number of anilines is 3. The Morgan fingerprint density at radius 1 is 0.958 bits per heavy atom. The normalized spacial score (nSPS) is 13.1. The van der Waals surface area contributed by atoms with Gasteiger partial charge in [-0.1, -0.05) is 30.3 Å². The molecule has 0 aliphatic carbocycles. The molecule has 1 aromatic heterocycles. The molecule has 0 atom stereocenters. The van der Waals surface area contributed by atoms with E-state index in [-0.39, 0.29) is 51.3 Å². The molecule has 12 heteroatoms. The number of likely N-dealkylation sites (N-methyl/N-ethyl adjacent to an activating group) is 1. The topological polar surface area (TPSA) is 128 Å². The number of thiazole rings is 1. The summed E-state index contributed by atoms with van der Waals surface area (Å²) in [5, 5.41) is 25.3. The summed E-state index contributed by atoms with van der Waals surface area (Å²) in [7, 11) is 1.87. The van der Waals surface area contributed by atoms with Crippen LogP contribution in [-0.4, -0.2) is 105 Å². The molecule has 0 saturated carbocycles. The number of hydrogen-bond donors (Lipinski definition) is 3. The number of para-hydroxylation sites is 1. The number of ether oxygens (including phenoxy) is 2. The quantitative estimate of drug-likeness (QED) is 0.169. The largest absolute Gasteiger partial charge is 0.482 e. The average Bonchev–Trinajstić information content (AvgIpc) is 3.55. The highest BCUT2D eigenvalue weighted by atomic mass is 32.1. The van der Waals surface area contributed by atoms with E-state index in [1.807, 2.05) is 36.2 Å². The van der Waals surface area contributed by atoms with E-state index in [1.54, 1.807) is 39.3 Å². The first-order valence-corrected chi connectivity index (χ1v) is 16.7. The van der Waals surface area contributed by atoms with E-state index in [4.69, 9.17) is 14.5 Å². The summed E-state index contributed by atoms with van der Waals surface area (Å²) in [6.07, 6.45) is 0. The summed E-state index contributed by atoms with van der Waals surface area (Å²) in [5.41, 5.74) is 4.07. The number of nitrogens with zero attached hydrogens (tertiary/aromatic N) is 4. The van der Waals surface area contributed by atoms with Crippen molar-refractivity contribution in [1.29, 1.82) is 0 Å². The van der Waals surface area contributed by atoms with Crippen molar-refractivity contribution in [1.82, 2.24) is 9.88 Å². The van der Waals surface area contributed by atoms with E-state index in [9.17, 15) is 19.8 Å². The fourth-order valence-corrected chi connectivity index (χ4v) is 6.67. The number of amides is 2. The molecule has 0 bridgehead atoms. The van der Waals surface area contributed by atoms with E-state index in [0.717, 1.165) is 37.2 Å². The molecular formula is C36H39N5O6S. The zero-order chi connectivity index (χ0) is 33.5. The van der Waals surface area contributed by atoms with Crippen molar-refractivity contribution < 1.29 is 29.3 Å². The van der Waals surface area contributed by atoms with Gasteiger partial charge in [0.1, 0.15) is 10.8 Å². The van der Waals surface area contributed by atoms with Crippen LogP contribution in [0.4, 0.5) is 17.1 Å². The minimum absolute atomic E-state index is 0.101. The standard InChI is InChI=1S/C36H39N5O6S/c1-39(29-10-8-25-20-27(7-6-26(25)21-29)36-38-30-4-2-3-5-33(30)48-36)23-34(44)37-28-9-11-31(40(12-16-42)13-17-43)32(22-28)47-24-35(45)41-14-18-46-19-15-41/h2-11,20-22,42-43H,12-19,23-24H2,1H3,(H,37,44). The molecule has 1 aliphatic rings.